The number of hydrogen-bond acceptors (Lipinski definition) is 5. The Balaban J connectivity index is 1.94. The summed E-state index contributed by atoms with van der Waals surface area (Å²) in [6.45, 7) is 1.92. The predicted octanol–water partition coefficient (Wildman–Crippen LogP) is 2.89. The Morgan fingerprint density at radius 2 is 1.70 bits per heavy atom. The van der Waals surface area contributed by atoms with Gasteiger partial charge in [0.2, 0.25) is 0 Å². The van der Waals surface area contributed by atoms with Crippen LogP contribution in [-0.2, 0) is 9.59 Å². The highest BCUT2D eigenvalue weighted by Gasteiger charge is 2.26. The first-order valence-electron chi connectivity index (χ1n) is 7.80. The number of hydrogen-bond donors (Lipinski definition) is 2. The Hall–Kier alpha value is -2.84. The molecule has 1 aliphatic rings. The summed E-state index contributed by atoms with van der Waals surface area (Å²) in [4.78, 5) is 36.5. The van der Waals surface area contributed by atoms with Crippen molar-refractivity contribution < 1.29 is 19.1 Å². The monoisotopic (exact) mass is 444 g/mol. The van der Waals surface area contributed by atoms with Gasteiger partial charge < -0.3 is 4.74 Å². The van der Waals surface area contributed by atoms with Gasteiger partial charge in [-0.2, -0.15) is 0 Å². The van der Waals surface area contributed by atoms with Crippen LogP contribution < -0.4 is 15.4 Å². The van der Waals surface area contributed by atoms with Crippen molar-refractivity contribution in [1.82, 2.24) is 10.6 Å². The third-order valence-electron chi connectivity index (χ3n) is 3.70. The molecule has 1 saturated heterocycles. The Bertz CT molecular complexity index is 977. The van der Waals surface area contributed by atoms with Crippen molar-refractivity contribution in [1.29, 1.82) is 0 Å². The molecular formula is C19H13BrN2O4S. The number of rotatable bonds is 3. The number of aryl methyl sites for hydroxylation is 1. The number of amides is 2. The van der Waals surface area contributed by atoms with E-state index in [2.05, 4.69) is 26.6 Å². The summed E-state index contributed by atoms with van der Waals surface area (Å²) in [6.07, 6.45) is 1.34. The van der Waals surface area contributed by atoms with Crippen LogP contribution in [0.5, 0.6) is 5.75 Å². The molecule has 2 N–H and O–H groups in total. The molecule has 2 aromatic rings. The lowest BCUT2D eigenvalue weighted by Crippen LogP contribution is -2.51. The van der Waals surface area contributed by atoms with Crippen molar-refractivity contribution in [3.8, 4) is 5.75 Å². The molecule has 0 radical (unpaired) electrons. The number of carbonyl (C=O) groups is 3. The van der Waals surface area contributed by atoms with Crippen molar-refractivity contribution in [3.05, 3.63) is 69.2 Å². The van der Waals surface area contributed by atoms with Crippen LogP contribution in [0.25, 0.3) is 6.08 Å². The molecule has 1 aliphatic heterocycles. The number of halogens is 1. The van der Waals surface area contributed by atoms with Gasteiger partial charge in [0.15, 0.2) is 5.11 Å². The van der Waals surface area contributed by atoms with Crippen LogP contribution in [0, 0.1) is 6.92 Å². The Kier molecular flexibility index (Phi) is 5.48. The van der Waals surface area contributed by atoms with Gasteiger partial charge in [-0.15, -0.1) is 0 Å². The first kappa shape index (κ1) is 18.9. The van der Waals surface area contributed by atoms with E-state index >= 15 is 0 Å². The van der Waals surface area contributed by atoms with Crippen LogP contribution in [-0.4, -0.2) is 22.9 Å². The van der Waals surface area contributed by atoms with Crippen molar-refractivity contribution >= 4 is 57.1 Å². The van der Waals surface area contributed by atoms with Gasteiger partial charge in [-0.3, -0.25) is 20.2 Å². The highest BCUT2D eigenvalue weighted by molar-refractivity contribution is 9.10. The van der Waals surface area contributed by atoms with E-state index in [9.17, 15) is 14.4 Å². The fraction of sp³-hybridized carbons (Fsp3) is 0.0526. The number of ether oxygens (including phenoxy) is 1. The third-order valence-corrected chi connectivity index (χ3v) is 4.40. The summed E-state index contributed by atoms with van der Waals surface area (Å²) < 4.78 is 6.16. The van der Waals surface area contributed by atoms with Gasteiger partial charge in [-0.05, 0) is 55.5 Å². The van der Waals surface area contributed by atoms with Gasteiger partial charge in [-0.25, -0.2) is 4.79 Å². The first-order chi connectivity index (χ1) is 12.8. The van der Waals surface area contributed by atoms with Gasteiger partial charge in [0.05, 0.1) is 5.56 Å². The van der Waals surface area contributed by atoms with Crippen molar-refractivity contribution in [2.45, 2.75) is 6.92 Å². The first-order valence-corrected chi connectivity index (χ1v) is 9.00. The zero-order chi connectivity index (χ0) is 19.6. The fourth-order valence-corrected chi connectivity index (χ4v) is 2.90. The van der Waals surface area contributed by atoms with Crippen LogP contribution >= 0.6 is 28.1 Å². The van der Waals surface area contributed by atoms with Crippen LogP contribution in [0.2, 0.25) is 0 Å². The Morgan fingerprint density at radius 1 is 1.07 bits per heavy atom. The summed E-state index contributed by atoms with van der Waals surface area (Å²) in [6, 6.07) is 11.8. The maximum atomic E-state index is 12.4. The average Bonchev–Trinajstić information content (AvgIpc) is 2.60. The van der Waals surface area contributed by atoms with E-state index in [1.165, 1.54) is 6.08 Å². The fourth-order valence-electron chi connectivity index (χ4n) is 2.34. The lowest BCUT2D eigenvalue weighted by molar-refractivity contribution is -0.123. The van der Waals surface area contributed by atoms with Crippen LogP contribution in [0.4, 0.5) is 0 Å². The SMILES string of the molecule is Cc1ccc(C(=O)Oc2ccc(Br)cc2C=C2C(=O)NC(=S)NC2=O)cc1. The van der Waals surface area contributed by atoms with Gasteiger partial charge in [-0.1, -0.05) is 33.6 Å². The molecule has 0 unspecified atom stereocenters. The van der Waals surface area contributed by atoms with Crippen LogP contribution in [0.15, 0.2) is 52.5 Å². The molecule has 0 aliphatic carbocycles. The minimum absolute atomic E-state index is 0.0533. The summed E-state index contributed by atoms with van der Waals surface area (Å²) in [5, 5.41) is 4.66. The van der Waals surface area contributed by atoms with Crippen molar-refractivity contribution in [2.24, 2.45) is 0 Å². The zero-order valence-electron chi connectivity index (χ0n) is 14.0. The van der Waals surface area contributed by atoms with E-state index in [0.717, 1.165) is 5.56 Å². The van der Waals surface area contributed by atoms with Crippen LogP contribution in [0.1, 0.15) is 21.5 Å². The second-order valence-electron chi connectivity index (χ2n) is 5.73. The number of esters is 1. The molecule has 136 valence electrons. The predicted molar refractivity (Wildman–Crippen MR) is 107 cm³/mol. The number of nitrogens with one attached hydrogen (secondary N) is 2. The number of thiocarbonyl (C=S) groups is 1. The van der Waals surface area contributed by atoms with Crippen molar-refractivity contribution in [3.63, 3.8) is 0 Å². The van der Waals surface area contributed by atoms with E-state index in [-0.39, 0.29) is 16.4 Å². The summed E-state index contributed by atoms with van der Waals surface area (Å²) >= 11 is 8.10. The second kappa shape index (κ2) is 7.81. The van der Waals surface area contributed by atoms with Crippen molar-refractivity contribution in [2.75, 3.05) is 0 Å². The molecule has 1 fully saturated rings. The molecule has 2 amide bonds. The maximum absolute atomic E-state index is 12.4. The molecule has 0 saturated carbocycles. The van der Waals surface area contributed by atoms with Gasteiger partial charge in [0.25, 0.3) is 11.8 Å². The van der Waals surface area contributed by atoms with E-state index in [1.54, 1.807) is 42.5 Å². The van der Waals surface area contributed by atoms with Gasteiger partial charge in [0, 0.05) is 10.0 Å². The van der Waals surface area contributed by atoms with Gasteiger partial charge in [0.1, 0.15) is 11.3 Å². The minimum atomic E-state index is -0.625. The Labute approximate surface area is 168 Å². The summed E-state index contributed by atoms with van der Waals surface area (Å²) in [7, 11) is 0. The summed E-state index contributed by atoms with van der Waals surface area (Å²) in [5.74, 6) is -1.58. The molecule has 0 aromatic heterocycles. The largest absolute Gasteiger partial charge is 0.422 e. The smallest absolute Gasteiger partial charge is 0.343 e. The van der Waals surface area contributed by atoms with E-state index in [4.69, 9.17) is 17.0 Å². The highest BCUT2D eigenvalue weighted by atomic mass is 79.9. The molecule has 0 spiro atoms. The molecule has 0 bridgehead atoms. The molecule has 3 rings (SSSR count). The minimum Gasteiger partial charge on any atom is -0.422 e. The zero-order valence-corrected chi connectivity index (χ0v) is 16.4. The number of carbonyl (C=O) groups excluding carboxylic acids is 3. The van der Waals surface area contributed by atoms with E-state index in [0.29, 0.717) is 15.6 Å². The topological polar surface area (TPSA) is 84.5 Å². The molecule has 0 atom stereocenters. The summed E-state index contributed by atoms with van der Waals surface area (Å²) in [5.41, 5.74) is 1.65. The molecule has 1 heterocycles. The molecule has 6 nitrogen and oxygen atoms in total. The average molecular weight is 445 g/mol. The highest BCUT2D eigenvalue weighted by Crippen LogP contribution is 2.27. The molecule has 2 aromatic carbocycles. The quantitative estimate of drug-likeness (QED) is 0.250. The van der Waals surface area contributed by atoms with Crippen LogP contribution in [0.3, 0.4) is 0 Å². The molecular weight excluding hydrogens is 432 g/mol. The molecule has 8 heteroatoms. The normalized spacial score (nSPS) is 13.7. The van der Waals surface area contributed by atoms with E-state index in [1.807, 2.05) is 6.92 Å². The second-order valence-corrected chi connectivity index (χ2v) is 7.06. The molecule has 27 heavy (non-hydrogen) atoms. The third kappa shape index (κ3) is 4.47. The lowest BCUT2D eigenvalue weighted by Gasteiger charge is -2.17. The lowest BCUT2D eigenvalue weighted by atomic mass is 10.1. The van der Waals surface area contributed by atoms with E-state index < -0.39 is 17.8 Å². The maximum Gasteiger partial charge on any atom is 0.343 e. The van der Waals surface area contributed by atoms with Gasteiger partial charge >= 0.3 is 5.97 Å². The number of benzene rings is 2. The standard InChI is InChI=1S/C19H13BrN2O4S/c1-10-2-4-11(5-3-10)18(25)26-15-7-6-13(20)8-12(15)9-14-16(23)21-19(27)22-17(14)24/h2-9H,1H3,(H2,21,22,23,24,27). The Morgan fingerprint density at radius 3 is 2.33 bits per heavy atom.